The lowest BCUT2D eigenvalue weighted by Gasteiger charge is -2.66. The van der Waals surface area contributed by atoms with Crippen molar-refractivity contribution in [2.45, 2.75) is 78.5 Å². The van der Waals surface area contributed by atoms with Gasteiger partial charge in [0.2, 0.25) is 11.8 Å². The van der Waals surface area contributed by atoms with Crippen LogP contribution in [0.25, 0.3) is 0 Å². The summed E-state index contributed by atoms with van der Waals surface area (Å²) < 4.78 is 7.08. The van der Waals surface area contributed by atoms with Gasteiger partial charge in [-0.05, 0) is 31.2 Å². The Hall–Kier alpha value is -2.90. The third-order valence-electron chi connectivity index (χ3n) is 9.46. The normalized spacial score (nSPS) is 35.1. The molecule has 0 radical (unpaired) electrons. The number of benzene rings is 1. The smallest absolute Gasteiger partial charge is 0.252 e. The number of nitrogens with two attached hydrogens (primary N) is 1. The zero-order valence-corrected chi connectivity index (χ0v) is 20.5. The number of rotatable bonds is 2. The van der Waals surface area contributed by atoms with Crippen molar-refractivity contribution < 1.29 is 23.9 Å². The molecule has 4 aliphatic rings. The van der Waals surface area contributed by atoms with Crippen LogP contribution < -0.4 is 21.1 Å². The monoisotopic (exact) mass is 467 g/mol. The van der Waals surface area contributed by atoms with Crippen LogP contribution in [-0.2, 0) is 22.6 Å². The average molecular weight is 468 g/mol. The second-order valence-corrected chi connectivity index (χ2v) is 11.5. The summed E-state index contributed by atoms with van der Waals surface area (Å²) >= 11 is 0. The molecule has 2 aliphatic carbocycles. The molecule has 2 saturated carbocycles. The zero-order valence-electron chi connectivity index (χ0n) is 20.5. The SMILES string of the molecule is CC(=O)N[C@@H]1C[C@@]23Oc4c(c(C(N)=O)cc5c4CNC5=O)C[C@]2(C)[C@@H](C)CC[C@H]3C(C)(C)C1=O. The molecule has 1 spiro atoms. The van der Waals surface area contributed by atoms with Crippen molar-refractivity contribution in [3.8, 4) is 5.75 Å². The standard InChI is InChI=1S/C26H33N3O5/c1-12-6-7-19-24(3,4)21(31)18(29-13(2)30)10-26(19)25(12,5)9-16-14(22(27)32)8-15-17(20(16)34-26)11-28-23(15)33/h8,12,18-19H,6-7,9-11H2,1-5H3,(H2,27,32)(H,28,33)(H,29,30)/t12-,18+,19-,25+,26-/m0/s1. The predicted octanol–water partition coefficient (Wildman–Crippen LogP) is 2.26. The maximum atomic E-state index is 13.5. The van der Waals surface area contributed by atoms with Crippen LogP contribution in [0.2, 0.25) is 0 Å². The summed E-state index contributed by atoms with van der Waals surface area (Å²) in [5.41, 5.74) is 6.11. The van der Waals surface area contributed by atoms with Crippen LogP contribution in [0.4, 0.5) is 0 Å². The van der Waals surface area contributed by atoms with Crippen molar-refractivity contribution >= 4 is 23.5 Å². The fourth-order valence-electron chi connectivity index (χ4n) is 7.49. The quantitative estimate of drug-likeness (QED) is 0.615. The van der Waals surface area contributed by atoms with Gasteiger partial charge in [0.15, 0.2) is 5.78 Å². The molecule has 0 saturated heterocycles. The second-order valence-electron chi connectivity index (χ2n) is 11.5. The Bertz CT molecular complexity index is 1160. The molecule has 4 N–H and O–H groups in total. The summed E-state index contributed by atoms with van der Waals surface area (Å²) in [5.74, 6) is -0.351. The van der Waals surface area contributed by atoms with Gasteiger partial charge in [0.1, 0.15) is 11.4 Å². The van der Waals surface area contributed by atoms with Gasteiger partial charge in [-0.3, -0.25) is 19.2 Å². The fraction of sp³-hybridized carbons (Fsp3) is 0.615. The molecule has 5 rings (SSSR count). The van der Waals surface area contributed by atoms with E-state index in [1.807, 2.05) is 13.8 Å². The second kappa shape index (κ2) is 7.06. The first kappa shape index (κ1) is 22.9. The number of fused-ring (bicyclic) bond motifs is 3. The maximum Gasteiger partial charge on any atom is 0.252 e. The summed E-state index contributed by atoms with van der Waals surface area (Å²) in [6.07, 6.45) is 2.67. The van der Waals surface area contributed by atoms with E-state index < -0.39 is 28.4 Å². The van der Waals surface area contributed by atoms with E-state index in [2.05, 4.69) is 24.5 Å². The average Bonchev–Trinajstić information content (AvgIpc) is 3.11. The first-order chi connectivity index (χ1) is 15.8. The number of ketones is 1. The number of amides is 3. The lowest BCUT2D eigenvalue weighted by atomic mass is 9.43. The molecule has 0 unspecified atom stereocenters. The molecular formula is C26H33N3O5. The molecule has 5 atom stereocenters. The van der Waals surface area contributed by atoms with Gasteiger partial charge in [-0.1, -0.05) is 27.7 Å². The van der Waals surface area contributed by atoms with Crippen LogP contribution in [0.1, 0.15) is 85.7 Å². The molecule has 2 aliphatic heterocycles. The highest BCUT2D eigenvalue weighted by Gasteiger charge is 2.70. The van der Waals surface area contributed by atoms with E-state index >= 15 is 0 Å². The highest BCUT2D eigenvalue weighted by Crippen LogP contribution is 2.65. The van der Waals surface area contributed by atoms with E-state index in [4.69, 9.17) is 10.5 Å². The van der Waals surface area contributed by atoms with Crippen molar-refractivity contribution in [1.82, 2.24) is 10.6 Å². The zero-order chi connectivity index (χ0) is 24.8. The number of hydrogen-bond acceptors (Lipinski definition) is 5. The number of carbonyl (C=O) groups excluding carboxylic acids is 4. The predicted molar refractivity (Wildman–Crippen MR) is 124 cm³/mol. The summed E-state index contributed by atoms with van der Waals surface area (Å²) in [7, 11) is 0. The van der Waals surface area contributed by atoms with Gasteiger partial charge in [-0.2, -0.15) is 0 Å². The number of primary amides is 1. The van der Waals surface area contributed by atoms with Crippen molar-refractivity contribution in [3.05, 3.63) is 28.3 Å². The van der Waals surface area contributed by atoms with E-state index in [9.17, 15) is 19.2 Å². The van der Waals surface area contributed by atoms with Gasteiger partial charge < -0.3 is 21.1 Å². The molecule has 8 nitrogen and oxygen atoms in total. The van der Waals surface area contributed by atoms with E-state index in [1.54, 1.807) is 6.07 Å². The Morgan fingerprint density at radius 1 is 1.18 bits per heavy atom. The fourth-order valence-corrected chi connectivity index (χ4v) is 7.49. The summed E-state index contributed by atoms with van der Waals surface area (Å²) in [4.78, 5) is 50.5. The molecule has 2 heterocycles. The molecule has 0 aromatic heterocycles. The molecule has 2 fully saturated rings. The minimum atomic E-state index is -0.752. The van der Waals surface area contributed by atoms with Crippen molar-refractivity contribution in [2.24, 2.45) is 28.4 Å². The number of Topliss-reactive ketones (excluding diaryl/α,β-unsaturated/α-hetero) is 1. The van der Waals surface area contributed by atoms with Crippen LogP contribution in [0.15, 0.2) is 6.07 Å². The molecule has 8 heteroatoms. The van der Waals surface area contributed by atoms with Crippen LogP contribution in [0.5, 0.6) is 5.75 Å². The van der Waals surface area contributed by atoms with Gasteiger partial charge in [0, 0.05) is 58.9 Å². The van der Waals surface area contributed by atoms with Gasteiger partial charge in [-0.25, -0.2) is 0 Å². The molecular weight excluding hydrogens is 434 g/mol. The third kappa shape index (κ3) is 2.77. The third-order valence-corrected chi connectivity index (χ3v) is 9.46. The van der Waals surface area contributed by atoms with Gasteiger partial charge >= 0.3 is 0 Å². The summed E-state index contributed by atoms with van der Waals surface area (Å²) in [5, 5.41) is 5.72. The summed E-state index contributed by atoms with van der Waals surface area (Å²) in [6.45, 7) is 10.0. The number of nitrogens with one attached hydrogen (secondary N) is 2. The molecule has 1 aromatic rings. The van der Waals surface area contributed by atoms with Gasteiger partial charge in [0.05, 0.1) is 6.04 Å². The minimum absolute atomic E-state index is 0.0255. The van der Waals surface area contributed by atoms with Gasteiger partial charge in [-0.15, -0.1) is 0 Å². The largest absolute Gasteiger partial charge is 0.486 e. The Morgan fingerprint density at radius 2 is 1.88 bits per heavy atom. The van der Waals surface area contributed by atoms with Crippen LogP contribution in [0.3, 0.4) is 0 Å². The van der Waals surface area contributed by atoms with E-state index in [-0.39, 0.29) is 29.4 Å². The Morgan fingerprint density at radius 3 is 2.53 bits per heavy atom. The molecule has 182 valence electrons. The maximum absolute atomic E-state index is 13.5. The number of ether oxygens (including phenoxy) is 1. The van der Waals surface area contributed by atoms with Crippen LogP contribution in [0, 0.1) is 22.7 Å². The van der Waals surface area contributed by atoms with E-state index in [0.29, 0.717) is 36.3 Å². The number of hydrogen-bond donors (Lipinski definition) is 3. The lowest BCUT2D eigenvalue weighted by molar-refractivity contribution is -0.213. The topological polar surface area (TPSA) is 128 Å². The molecule has 1 aromatic carbocycles. The van der Waals surface area contributed by atoms with E-state index in [1.165, 1.54) is 6.92 Å². The minimum Gasteiger partial charge on any atom is -0.486 e. The highest BCUT2D eigenvalue weighted by atomic mass is 16.5. The number of carbonyl (C=O) groups is 4. The Balaban J connectivity index is 1.76. The first-order valence-electron chi connectivity index (χ1n) is 12.1. The van der Waals surface area contributed by atoms with E-state index in [0.717, 1.165) is 24.0 Å². The molecule has 3 amide bonds. The highest BCUT2D eigenvalue weighted by molar-refractivity contribution is 6.04. The Kier molecular flexibility index (Phi) is 4.75. The Labute approximate surface area is 199 Å². The summed E-state index contributed by atoms with van der Waals surface area (Å²) in [6, 6.07) is 0.935. The van der Waals surface area contributed by atoms with Gasteiger partial charge in [0.25, 0.3) is 5.91 Å². The molecule has 0 bridgehead atoms. The van der Waals surface area contributed by atoms with Crippen molar-refractivity contribution in [1.29, 1.82) is 0 Å². The first-order valence-corrected chi connectivity index (χ1v) is 12.1. The lowest BCUT2D eigenvalue weighted by Crippen LogP contribution is -2.74. The van der Waals surface area contributed by atoms with Crippen LogP contribution >= 0.6 is 0 Å². The van der Waals surface area contributed by atoms with Crippen molar-refractivity contribution in [3.63, 3.8) is 0 Å². The van der Waals surface area contributed by atoms with Crippen molar-refractivity contribution in [2.75, 3.05) is 0 Å². The van der Waals surface area contributed by atoms with Crippen LogP contribution in [-0.4, -0.2) is 35.1 Å². The molecule has 34 heavy (non-hydrogen) atoms.